The fourth-order valence-electron chi connectivity index (χ4n) is 1.91. The third kappa shape index (κ3) is 3.47. The van der Waals surface area contributed by atoms with Gasteiger partial charge >= 0.3 is 0 Å². The van der Waals surface area contributed by atoms with Gasteiger partial charge in [0.2, 0.25) is 10.0 Å². The largest absolute Gasteiger partial charge is 0.392 e. The van der Waals surface area contributed by atoms with Crippen LogP contribution in [-0.2, 0) is 16.6 Å². The third-order valence-electron chi connectivity index (χ3n) is 2.93. The first-order chi connectivity index (χ1) is 8.62. The predicted octanol–water partition coefficient (Wildman–Crippen LogP) is 1.35. The van der Waals surface area contributed by atoms with Crippen molar-refractivity contribution in [2.45, 2.75) is 30.4 Å². The summed E-state index contributed by atoms with van der Waals surface area (Å²) in [7, 11) is -3.46. The van der Waals surface area contributed by atoms with E-state index < -0.39 is 10.0 Å². The van der Waals surface area contributed by atoms with Gasteiger partial charge < -0.3 is 5.11 Å². The molecule has 1 aliphatic rings. The molecule has 0 unspecified atom stereocenters. The average Bonchev–Trinajstić information content (AvgIpc) is 2.39. The van der Waals surface area contributed by atoms with Crippen molar-refractivity contribution >= 4 is 21.8 Å². The van der Waals surface area contributed by atoms with Crippen molar-refractivity contribution in [3.8, 4) is 0 Å². The molecule has 1 aromatic rings. The summed E-state index contributed by atoms with van der Waals surface area (Å²) in [5.74, 6) is 2.01. The molecule has 6 heteroatoms. The zero-order valence-electron chi connectivity index (χ0n) is 10.0. The van der Waals surface area contributed by atoms with E-state index in [9.17, 15) is 8.42 Å². The van der Waals surface area contributed by atoms with Crippen molar-refractivity contribution in [1.82, 2.24) is 4.72 Å². The molecule has 4 nitrogen and oxygen atoms in total. The molecule has 0 bridgehead atoms. The second-order valence-electron chi connectivity index (χ2n) is 4.31. The number of rotatable bonds is 4. The highest BCUT2D eigenvalue weighted by Crippen LogP contribution is 2.19. The molecule has 0 spiro atoms. The Bertz CT molecular complexity index is 496. The normalized spacial score (nSPS) is 17.8. The number of hydrogen-bond acceptors (Lipinski definition) is 4. The van der Waals surface area contributed by atoms with Crippen LogP contribution < -0.4 is 4.72 Å². The van der Waals surface area contributed by atoms with Crippen LogP contribution in [0.1, 0.15) is 18.4 Å². The highest BCUT2D eigenvalue weighted by Gasteiger charge is 2.21. The maximum atomic E-state index is 12.2. The molecule has 0 atom stereocenters. The smallest absolute Gasteiger partial charge is 0.240 e. The van der Waals surface area contributed by atoms with Gasteiger partial charge in [0.1, 0.15) is 0 Å². The van der Waals surface area contributed by atoms with E-state index in [1.54, 1.807) is 18.2 Å². The van der Waals surface area contributed by atoms with E-state index in [4.69, 9.17) is 5.11 Å². The third-order valence-corrected chi connectivity index (χ3v) is 5.50. The molecule has 0 amide bonds. The summed E-state index contributed by atoms with van der Waals surface area (Å²) in [6.07, 6.45) is 1.76. The van der Waals surface area contributed by atoms with E-state index in [1.807, 2.05) is 11.8 Å². The Morgan fingerprint density at radius 3 is 2.72 bits per heavy atom. The number of aliphatic hydroxyl groups is 1. The van der Waals surface area contributed by atoms with Crippen LogP contribution in [0.5, 0.6) is 0 Å². The fourth-order valence-corrected chi connectivity index (χ4v) is 4.40. The molecule has 0 saturated carbocycles. The maximum absolute atomic E-state index is 12.2. The van der Waals surface area contributed by atoms with Gasteiger partial charge in [0.05, 0.1) is 11.5 Å². The number of aliphatic hydroxyl groups excluding tert-OH is 1. The zero-order chi connectivity index (χ0) is 13.0. The van der Waals surface area contributed by atoms with Crippen molar-refractivity contribution in [3.05, 3.63) is 29.8 Å². The molecule has 1 saturated heterocycles. The Kier molecular flexibility index (Phi) is 4.66. The van der Waals surface area contributed by atoms with Crippen LogP contribution in [0.15, 0.2) is 29.2 Å². The van der Waals surface area contributed by atoms with Crippen molar-refractivity contribution in [1.29, 1.82) is 0 Å². The Morgan fingerprint density at radius 2 is 2.06 bits per heavy atom. The van der Waals surface area contributed by atoms with Gasteiger partial charge in [0.15, 0.2) is 0 Å². The van der Waals surface area contributed by atoms with Gasteiger partial charge in [-0.1, -0.05) is 12.1 Å². The van der Waals surface area contributed by atoms with Crippen LogP contribution in [0.3, 0.4) is 0 Å². The minimum Gasteiger partial charge on any atom is -0.392 e. The molecule has 2 N–H and O–H groups in total. The number of thioether (sulfide) groups is 1. The Hall–Kier alpha value is -0.560. The lowest BCUT2D eigenvalue weighted by atomic mass is 10.2. The highest BCUT2D eigenvalue weighted by molar-refractivity contribution is 7.99. The summed E-state index contributed by atoms with van der Waals surface area (Å²) >= 11 is 1.86. The Morgan fingerprint density at radius 1 is 1.33 bits per heavy atom. The second-order valence-corrected chi connectivity index (χ2v) is 7.25. The van der Waals surface area contributed by atoms with Gasteiger partial charge in [-0.05, 0) is 42.0 Å². The lowest BCUT2D eigenvalue weighted by Crippen LogP contribution is -2.37. The van der Waals surface area contributed by atoms with Crippen molar-refractivity contribution in [2.75, 3.05) is 11.5 Å². The minimum absolute atomic E-state index is 0.0361. The van der Waals surface area contributed by atoms with Crippen LogP contribution in [0.25, 0.3) is 0 Å². The molecule has 0 radical (unpaired) electrons. The van der Waals surface area contributed by atoms with Gasteiger partial charge in [-0.15, -0.1) is 0 Å². The number of nitrogens with one attached hydrogen (secondary N) is 1. The van der Waals surface area contributed by atoms with E-state index in [1.165, 1.54) is 6.07 Å². The highest BCUT2D eigenvalue weighted by atomic mass is 32.2. The van der Waals surface area contributed by atoms with Gasteiger partial charge in [-0.25, -0.2) is 13.1 Å². The average molecular weight is 287 g/mol. The van der Waals surface area contributed by atoms with Crippen molar-refractivity contribution < 1.29 is 13.5 Å². The summed E-state index contributed by atoms with van der Waals surface area (Å²) in [6, 6.07) is 6.46. The summed E-state index contributed by atoms with van der Waals surface area (Å²) < 4.78 is 27.1. The van der Waals surface area contributed by atoms with Crippen LogP contribution in [-0.4, -0.2) is 31.1 Å². The Labute approximate surface area is 112 Å². The number of sulfonamides is 1. The molecular weight excluding hydrogens is 270 g/mol. The van der Waals surface area contributed by atoms with Crippen LogP contribution in [0.4, 0.5) is 0 Å². The molecule has 100 valence electrons. The molecule has 18 heavy (non-hydrogen) atoms. The topological polar surface area (TPSA) is 66.4 Å². The molecule has 1 heterocycles. The molecular formula is C12H17NO3S2. The standard InChI is InChI=1S/C12H17NO3S2/c14-9-10-2-1-3-12(8-10)18(15,16)13-11-4-6-17-7-5-11/h1-3,8,11,13-14H,4-7,9H2. The monoisotopic (exact) mass is 287 g/mol. The molecule has 2 rings (SSSR count). The summed E-state index contributed by atoms with van der Waals surface area (Å²) in [4.78, 5) is 0.229. The van der Waals surface area contributed by atoms with E-state index in [-0.39, 0.29) is 17.5 Å². The van der Waals surface area contributed by atoms with Crippen LogP contribution >= 0.6 is 11.8 Å². The van der Waals surface area contributed by atoms with Crippen LogP contribution in [0, 0.1) is 0 Å². The zero-order valence-corrected chi connectivity index (χ0v) is 11.6. The first kappa shape index (κ1) is 13.9. The SMILES string of the molecule is O=S(=O)(NC1CCSCC1)c1cccc(CO)c1. The van der Waals surface area contributed by atoms with Gasteiger partial charge in [-0.2, -0.15) is 11.8 Å². The second kappa shape index (κ2) is 6.06. The first-order valence-electron chi connectivity index (χ1n) is 5.92. The lowest BCUT2D eigenvalue weighted by molar-refractivity contribution is 0.281. The molecule has 0 aromatic heterocycles. The quantitative estimate of drug-likeness (QED) is 0.877. The van der Waals surface area contributed by atoms with E-state index in [0.717, 1.165) is 24.3 Å². The van der Waals surface area contributed by atoms with Gasteiger partial charge in [-0.3, -0.25) is 0 Å². The van der Waals surface area contributed by atoms with Gasteiger partial charge in [0.25, 0.3) is 0 Å². The number of benzene rings is 1. The summed E-state index contributed by atoms with van der Waals surface area (Å²) in [5, 5.41) is 9.03. The summed E-state index contributed by atoms with van der Waals surface area (Å²) in [5.41, 5.74) is 0.608. The van der Waals surface area contributed by atoms with Gasteiger partial charge in [0, 0.05) is 6.04 Å². The molecule has 1 fully saturated rings. The molecule has 1 aromatic carbocycles. The Balaban J connectivity index is 2.13. The number of hydrogen-bond donors (Lipinski definition) is 2. The predicted molar refractivity (Wildman–Crippen MR) is 73.0 cm³/mol. The molecule has 0 aliphatic carbocycles. The van der Waals surface area contributed by atoms with E-state index in [2.05, 4.69) is 4.72 Å². The first-order valence-corrected chi connectivity index (χ1v) is 8.55. The van der Waals surface area contributed by atoms with E-state index in [0.29, 0.717) is 5.56 Å². The minimum atomic E-state index is -3.46. The van der Waals surface area contributed by atoms with Crippen molar-refractivity contribution in [2.24, 2.45) is 0 Å². The fraction of sp³-hybridized carbons (Fsp3) is 0.500. The summed E-state index contributed by atoms with van der Waals surface area (Å²) in [6.45, 7) is -0.149. The lowest BCUT2D eigenvalue weighted by Gasteiger charge is -2.22. The van der Waals surface area contributed by atoms with Crippen molar-refractivity contribution in [3.63, 3.8) is 0 Å². The van der Waals surface area contributed by atoms with Crippen LogP contribution in [0.2, 0.25) is 0 Å². The van der Waals surface area contributed by atoms with E-state index >= 15 is 0 Å². The molecule has 1 aliphatic heterocycles. The maximum Gasteiger partial charge on any atom is 0.240 e.